The molecule has 0 bridgehead atoms. The van der Waals surface area contributed by atoms with Crippen molar-refractivity contribution < 1.29 is 9.59 Å². The van der Waals surface area contributed by atoms with Crippen molar-refractivity contribution in [1.82, 2.24) is 20.0 Å². The zero-order chi connectivity index (χ0) is 24.6. The number of carbonyl (C=O) groups excluding carboxylic acids is 2. The van der Waals surface area contributed by atoms with Gasteiger partial charge >= 0.3 is 0 Å². The van der Waals surface area contributed by atoms with E-state index in [0.29, 0.717) is 44.2 Å². The Balaban J connectivity index is 1.35. The largest absolute Gasteiger partial charge is 0.352 e. The predicted octanol–water partition coefficient (Wildman–Crippen LogP) is 3.98. The predicted molar refractivity (Wildman–Crippen MR) is 138 cm³/mol. The summed E-state index contributed by atoms with van der Waals surface area (Å²) < 4.78 is 0. The Morgan fingerprint density at radius 3 is 2.14 bits per heavy atom. The van der Waals surface area contributed by atoms with E-state index in [-0.39, 0.29) is 18.4 Å². The van der Waals surface area contributed by atoms with Crippen molar-refractivity contribution >= 4 is 17.6 Å². The number of amides is 2. The summed E-state index contributed by atoms with van der Waals surface area (Å²) in [6.45, 7) is 7.44. The smallest absolute Gasteiger partial charge is 0.254 e. The topological polar surface area (TPSA) is 69.6 Å². The molecule has 1 aliphatic rings. The van der Waals surface area contributed by atoms with Crippen LogP contribution in [0.2, 0.25) is 0 Å². The molecule has 3 aromatic rings. The molecule has 0 radical (unpaired) electrons. The summed E-state index contributed by atoms with van der Waals surface area (Å²) in [4.78, 5) is 32.0. The molecule has 182 valence electrons. The highest BCUT2D eigenvalue weighted by Crippen LogP contribution is 2.19. The van der Waals surface area contributed by atoms with Crippen LogP contribution in [0.5, 0.6) is 0 Å². The first-order chi connectivity index (χ1) is 17.0. The lowest BCUT2D eigenvalue weighted by Gasteiger charge is -2.36. The maximum absolute atomic E-state index is 13.1. The highest BCUT2D eigenvalue weighted by molar-refractivity contribution is 5.96. The fourth-order valence-electron chi connectivity index (χ4n) is 4.19. The number of aromatic nitrogens is 2. The Morgan fingerprint density at radius 2 is 1.54 bits per heavy atom. The van der Waals surface area contributed by atoms with Crippen LogP contribution in [0.3, 0.4) is 0 Å². The van der Waals surface area contributed by atoms with Crippen molar-refractivity contribution in [2.75, 3.05) is 44.2 Å². The van der Waals surface area contributed by atoms with Gasteiger partial charge in [-0.3, -0.25) is 9.59 Å². The van der Waals surface area contributed by atoms with Crippen molar-refractivity contribution in [3.8, 4) is 11.3 Å². The number of carbonyl (C=O) groups is 2. The molecule has 1 atom stereocenters. The molecular weight excluding hydrogens is 438 g/mol. The van der Waals surface area contributed by atoms with Crippen molar-refractivity contribution in [1.29, 1.82) is 0 Å². The maximum atomic E-state index is 13.1. The van der Waals surface area contributed by atoms with E-state index in [2.05, 4.69) is 28.9 Å². The van der Waals surface area contributed by atoms with Gasteiger partial charge in [0.25, 0.3) is 5.91 Å². The van der Waals surface area contributed by atoms with E-state index in [0.717, 1.165) is 23.5 Å². The number of piperazine rings is 1. The SMILES string of the molecule is CC[C@@H](C)CN(CC(=O)N1CCN(c2ccc(-c3ccccc3)nn2)CC1)C(=O)c1ccccc1. The molecule has 0 N–H and O–H groups in total. The fourth-order valence-corrected chi connectivity index (χ4v) is 4.19. The Bertz CT molecular complexity index is 1100. The summed E-state index contributed by atoms with van der Waals surface area (Å²) in [5.41, 5.74) is 2.49. The van der Waals surface area contributed by atoms with Gasteiger partial charge in [0.15, 0.2) is 5.82 Å². The van der Waals surface area contributed by atoms with E-state index >= 15 is 0 Å². The van der Waals surface area contributed by atoms with Crippen LogP contribution < -0.4 is 4.90 Å². The first-order valence-corrected chi connectivity index (χ1v) is 12.3. The van der Waals surface area contributed by atoms with E-state index in [4.69, 9.17) is 0 Å². The second-order valence-electron chi connectivity index (χ2n) is 9.08. The number of rotatable bonds is 8. The van der Waals surface area contributed by atoms with Crippen LogP contribution in [0.1, 0.15) is 30.6 Å². The minimum atomic E-state index is -0.0910. The third-order valence-electron chi connectivity index (χ3n) is 6.54. The maximum Gasteiger partial charge on any atom is 0.254 e. The van der Waals surface area contributed by atoms with Crippen LogP contribution in [-0.2, 0) is 4.79 Å². The summed E-state index contributed by atoms with van der Waals surface area (Å²) in [5.74, 6) is 1.04. The molecule has 2 aromatic carbocycles. The fraction of sp³-hybridized carbons (Fsp3) is 0.357. The zero-order valence-corrected chi connectivity index (χ0v) is 20.5. The molecule has 35 heavy (non-hydrogen) atoms. The molecule has 1 fully saturated rings. The van der Waals surface area contributed by atoms with E-state index in [1.54, 1.807) is 17.0 Å². The van der Waals surface area contributed by atoms with Gasteiger partial charge in [0.05, 0.1) is 5.69 Å². The number of hydrogen-bond acceptors (Lipinski definition) is 5. The third kappa shape index (κ3) is 6.23. The molecule has 7 heteroatoms. The summed E-state index contributed by atoms with van der Waals surface area (Å²) in [7, 11) is 0. The van der Waals surface area contributed by atoms with Crippen LogP contribution >= 0.6 is 0 Å². The van der Waals surface area contributed by atoms with Gasteiger partial charge in [-0.25, -0.2) is 0 Å². The number of anilines is 1. The van der Waals surface area contributed by atoms with Gasteiger partial charge in [0, 0.05) is 43.9 Å². The number of hydrogen-bond donors (Lipinski definition) is 0. The Hall–Kier alpha value is -3.74. The normalized spacial score (nSPS) is 14.5. The van der Waals surface area contributed by atoms with Gasteiger partial charge in [-0.05, 0) is 30.2 Å². The number of benzene rings is 2. The molecule has 4 rings (SSSR count). The first-order valence-electron chi connectivity index (χ1n) is 12.3. The average Bonchev–Trinajstić information content (AvgIpc) is 2.93. The zero-order valence-electron chi connectivity index (χ0n) is 20.5. The minimum Gasteiger partial charge on any atom is -0.352 e. The van der Waals surface area contributed by atoms with Crippen LogP contribution in [-0.4, -0.2) is 71.1 Å². The van der Waals surface area contributed by atoms with Crippen molar-refractivity contribution in [3.05, 3.63) is 78.4 Å². The molecule has 0 saturated carbocycles. The van der Waals surface area contributed by atoms with Crippen molar-refractivity contribution in [2.24, 2.45) is 5.92 Å². The van der Waals surface area contributed by atoms with Gasteiger partial charge in [0.1, 0.15) is 6.54 Å². The Morgan fingerprint density at radius 1 is 0.886 bits per heavy atom. The summed E-state index contributed by atoms with van der Waals surface area (Å²) in [6, 6.07) is 23.2. The van der Waals surface area contributed by atoms with Crippen molar-refractivity contribution in [3.63, 3.8) is 0 Å². The van der Waals surface area contributed by atoms with Gasteiger partial charge in [-0.1, -0.05) is 68.8 Å². The van der Waals surface area contributed by atoms with Gasteiger partial charge in [-0.2, -0.15) is 0 Å². The molecule has 1 saturated heterocycles. The lowest BCUT2D eigenvalue weighted by atomic mass is 10.1. The minimum absolute atomic E-state index is 0.0113. The Labute approximate surface area is 207 Å². The highest BCUT2D eigenvalue weighted by Gasteiger charge is 2.26. The van der Waals surface area contributed by atoms with Gasteiger partial charge in [0.2, 0.25) is 5.91 Å². The van der Waals surface area contributed by atoms with Crippen LogP contribution in [0.15, 0.2) is 72.8 Å². The molecule has 2 heterocycles. The molecule has 2 amide bonds. The van der Waals surface area contributed by atoms with E-state index in [1.165, 1.54) is 0 Å². The molecule has 1 aromatic heterocycles. The second kappa shape index (κ2) is 11.6. The van der Waals surface area contributed by atoms with Crippen molar-refractivity contribution in [2.45, 2.75) is 20.3 Å². The van der Waals surface area contributed by atoms with E-state index in [1.807, 2.05) is 65.6 Å². The second-order valence-corrected chi connectivity index (χ2v) is 9.08. The molecule has 0 aliphatic carbocycles. The molecule has 0 spiro atoms. The lowest BCUT2D eigenvalue weighted by Crippen LogP contribution is -2.52. The van der Waals surface area contributed by atoms with Crippen LogP contribution in [0, 0.1) is 5.92 Å². The van der Waals surface area contributed by atoms with E-state index < -0.39 is 0 Å². The molecule has 7 nitrogen and oxygen atoms in total. The molecule has 0 unspecified atom stereocenters. The lowest BCUT2D eigenvalue weighted by molar-refractivity contribution is -0.132. The van der Waals surface area contributed by atoms with Gasteiger partial charge in [-0.15, -0.1) is 10.2 Å². The highest BCUT2D eigenvalue weighted by atomic mass is 16.2. The number of nitrogens with zero attached hydrogens (tertiary/aromatic N) is 5. The molecule has 1 aliphatic heterocycles. The van der Waals surface area contributed by atoms with Gasteiger partial charge < -0.3 is 14.7 Å². The van der Waals surface area contributed by atoms with E-state index in [9.17, 15) is 9.59 Å². The summed E-state index contributed by atoms with van der Waals surface area (Å²) in [6.07, 6.45) is 0.954. The molecular formula is C28H33N5O2. The third-order valence-corrected chi connectivity index (χ3v) is 6.54. The summed E-state index contributed by atoms with van der Waals surface area (Å²) >= 11 is 0. The average molecular weight is 472 g/mol. The van der Waals surface area contributed by atoms with Crippen LogP contribution in [0.4, 0.5) is 5.82 Å². The summed E-state index contributed by atoms with van der Waals surface area (Å²) in [5, 5.41) is 8.80. The Kier molecular flexibility index (Phi) is 8.08. The quantitative estimate of drug-likeness (QED) is 0.497. The standard InChI is InChI=1S/C28H33N5O2/c1-3-22(2)20-33(28(35)24-12-8-5-9-13-24)21-27(34)32-18-16-31(17-19-32)26-15-14-25(29-30-26)23-10-6-4-7-11-23/h4-15,22H,3,16-21H2,1-2H3/t22-/m1/s1. The first kappa shape index (κ1) is 24.4. The van der Waals surface area contributed by atoms with Crippen LogP contribution in [0.25, 0.3) is 11.3 Å². The monoisotopic (exact) mass is 471 g/mol.